The van der Waals surface area contributed by atoms with Crippen LogP contribution in [0.1, 0.15) is 45.1 Å². The predicted octanol–water partition coefficient (Wildman–Crippen LogP) is 4.82. The molecule has 0 unspecified atom stereocenters. The van der Waals surface area contributed by atoms with E-state index in [9.17, 15) is 9.59 Å². The van der Waals surface area contributed by atoms with Gasteiger partial charge in [0.05, 0.1) is 6.61 Å². The second kappa shape index (κ2) is 12.6. The molecule has 2 aromatic rings. The Labute approximate surface area is 174 Å². The number of hydrogen-bond acceptors (Lipinski definition) is 4. The van der Waals surface area contributed by atoms with Gasteiger partial charge in [-0.2, -0.15) is 0 Å². The Hall–Kier alpha value is -2.82. The Balaban J connectivity index is 1.59. The molecular formula is C24H32N2O3. The fraction of sp³-hybridized carbons (Fsp3) is 0.417. The molecule has 0 aliphatic rings. The molecule has 1 N–H and O–H groups in total. The highest BCUT2D eigenvalue weighted by molar-refractivity contribution is 5.91. The minimum absolute atomic E-state index is 0.0857. The van der Waals surface area contributed by atoms with Crippen molar-refractivity contribution in [3.05, 3.63) is 60.2 Å². The number of ether oxygens (including phenoxy) is 1. The highest BCUT2D eigenvalue weighted by atomic mass is 16.5. The number of rotatable bonds is 12. The van der Waals surface area contributed by atoms with Gasteiger partial charge in [-0.3, -0.25) is 9.59 Å². The molecule has 0 aliphatic carbocycles. The van der Waals surface area contributed by atoms with Crippen LogP contribution in [-0.2, 0) is 20.7 Å². The first kappa shape index (κ1) is 22.5. The number of nitrogens with zero attached hydrogens (tertiary/aromatic N) is 1. The van der Waals surface area contributed by atoms with Crippen molar-refractivity contribution in [3.63, 3.8) is 0 Å². The topological polar surface area (TPSA) is 58.6 Å². The molecule has 0 fully saturated rings. The molecule has 0 spiro atoms. The van der Waals surface area contributed by atoms with Gasteiger partial charge in [0.1, 0.15) is 0 Å². The molecule has 29 heavy (non-hydrogen) atoms. The molecule has 0 aliphatic heterocycles. The summed E-state index contributed by atoms with van der Waals surface area (Å²) in [6.07, 6.45) is 2.75. The first-order valence-corrected chi connectivity index (χ1v) is 10.5. The third-order valence-corrected chi connectivity index (χ3v) is 4.78. The van der Waals surface area contributed by atoms with Gasteiger partial charge >= 0.3 is 5.97 Å². The number of esters is 1. The third-order valence-electron chi connectivity index (χ3n) is 4.78. The smallest absolute Gasteiger partial charge is 0.305 e. The number of anilines is 2. The lowest BCUT2D eigenvalue weighted by Gasteiger charge is -2.21. The fourth-order valence-electron chi connectivity index (χ4n) is 3.14. The zero-order valence-electron chi connectivity index (χ0n) is 17.5. The molecule has 5 heteroatoms. The fourth-order valence-corrected chi connectivity index (χ4v) is 3.14. The van der Waals surface area contributed by atoms with Gasteiger partial charge in [-0.05, 0) is 62.9 Å². The quantitative estimate of drug-likeness (QED) is 0.413. The molecule has 5 nitrogen and oxygen atoms in total. The number of hydrogen-bond donors (Lipinski definition) is 1. The van der Waals surface area contributed by atoms with E-state index in [4.69, 9.17) is 4.74 Å². The van der Waals surface area contributed by atoms with Gasteiger partial charge in [0.25, 0.3) is 0 Å². The van der Waals surface area contributed by atoms with Crippen LogP contribution >= 0.6 is 0 Å². The Morgan fingerprint density at radius 1 is 0.897 bits per heavy atom. The van der Waals surface area contributed by atoms with E-state index in [2.05, 4.69) is 36.2 Å². The van der Waals surface area contributed by atoms with Crippen molar-refractivity contribution in [2.75, 3.05) is 29.9 Å². The van der Waals surface area contributed by atoms with Gasteiger partial charge in [-0.25, -0.2) is 0 Å². The molecule has 0 aromatic heterocycles. The van der Waals surface area contributed by atoms with Crippen LogP contribution in [0.2, 0.25) is 0 Å². The molecule has 0 radical (unpaired) electrons. The van der Waals surface area contributed by atoms with Crippen LogP contribution in [0.3, 0.4) is 0 Å². The lowest BCUT2D eigenvalue weighted by Crippen LogP contribution is -2.21. The molecule has 0 saturated carbocycles. The van der Waals surface area contributed by atoms with Crippen LogP contribution in [0.4, 0.5) is 11.4 Å². The summed E-state index contributed by atoms with van der Waals surface area (Å²) in [5.41, 5.74) is 3.16. The van der Waals surface area contributed by atoms with Gasteiger partial charge in [0.2, 0.25) is 5.91 Å². The van der Waals surface area contributed by atoms with Crippen LogP contribution in [-0.4, -0.2) is 31.6 Å². The van der Waals surface area contributed by atoms with Crippen LogP contribution < -0.4 is 10.2 Å². The monoisotopic (exact) mass is 396 g/mol. The first-order valence-electron chi connectivity index (χ1n) is 10.5. The largest absolute Gasteiger partial charge is 0.466 e. The standard InChI is InChI=1S/C24H32N2O3/c1-3-26(4-2)22-17-15-21(16-18-22)25-23(27)13-8-14-24(28)29-19-9-12-20-10-6-5-7-11-20/h5-7,10-11,15-18H,3-4,8-9,12-14,19H2,1-2H3,(H,25,27). The Morgan fingerprint density at radius 3 is 2.24 bits per heavy atom. The second-order valence-corrected chi connectivity index (χ2v) is 6.93. The van der Waals surface area contributed by atoms with Gasteiger partial charge < -0.3 is 15.0 Å². The van der Waals surface area contributed by atoms with E-state index in [0.717, 1.165) is 37.3 Å². The van der Waals surface area contributed by atoms with Crippen LogP contribution in [0, 0.1) is 0 Å². The van der Waals surface area contributed by atoms with Crippen molar-refractivity contribution < 1.29 is 14.3 Å². The maximum absolute atomic E-state index is 12.1. The van der Waals surface area contributed by atoms with Crippen molar-refractivity contribution in [1.29, 1.82) is 0 Å². The predicted molar refractivity (Wildman–Crippen MR) is 118 cm³/mol. The van der Waals surface area contributed by atoms with Gasteiger partial charge in [-0.15, -0.1) is 0 Å². The van der Waals surface area contributed by atoms with Crippen molar-refractivity contribution in [3.8, 4) is 0 Å². The molecule has 0 bridgehead atoms. The van der Waals surface area contributed by atoms with Crippen LogP contribution in [0.5, 0.6) is 0 Å². The van der Waals surface area contributed by atoms with Crippen molar-refractivity contribution in [2.24, 2.45) is 0 Å². The molecule has 2 aromatic carbocycles. The van der Waals surface area contributed by atoms with E-state index < -0.39 is 0 Å². The Morgan fingerprint density at radius 2 is 1.59 bits per heavy atom. The maximum Gasteiger partial charge on any atom is 0.305 e. The zero-order valence-corrected chi connectivity index (χ0v) is 17.5. The number of carbonyl (C=O) groups is 2. The summed E-state index contributed by atoms with van der Waals surface area (Å²) in [7, 11) is 0. The molecule has 156 valence electrons. The summed E-state index contributed by atoms with van der Waals surface area (Å²) in [4.78, 5) is 26.1. The van der Waals surface area contributed by atoms with Crippen molar-refractivity contribution in [2.45, 2.75) is 46.0 Å². The number of aryl methyl sites for hydroxylation is 1. The average molecular weight is 397 g/mol. The maximum atomic E-state index is 12.1. The van der Waals surface area contributed by atoms with E-state index in [1.807, 2.05) is 42.5 Å². The van der Waals surface area contributed by atoms with E-state index in [1.54, 1.807) is 0 Å². The number of benzene rings is 2. The summed E-state index contributed by atoms with van der Waals surface area (Å²) < 4.78 is 5.25. The van der Waals surface area contributed by atoms with Crippen LogP contribution in [0.25, 0.3) is 0 Å². The normalized spacial score (nSPS) is 10.4. The number of nitrogens with one attached hydrogen (secondary N) is 1. The van der Waals surface area contributed by atoms with E-state index in [0.29, 0.717) is 19.4 Å². The van der Waals surface area contributed by atoms with E-state index in [1.165, 1.54) is 5.56 Å². The minimum Gasteiger partial charge on any atom is -0.466 e. The lowest BCUT2D eigenvalue weighted by molar-refractivity contribution is -0.143. The Kier molecular flexibility index (Phi) is 9.76. The Bertz CT molecular complexity index is 740. The van der Waals surface area contributed by atoms with Gasteiger partial charge in [-0.1, -0.05) is 30.3 Å². The third kappa shape index (κ3) is 8.38. The van der Waals surface area contributed by atoms with Crippen molar-refractivity contribution >= 4 is 23.3 Å². The second-order valence-electron chi connectivity index (χ2n) is 6.93. The zero-order chi connectivity index (χ0) is 20.9. The number of amides is 1. The van der Waals surface area contributed by atoms with E-state index >= 15 is 0 Å². The van der Waals surface area contributed by atoms with Crippen LogP contribution in [0.15, 0.2) is 54.6 Å². The SMILES string of the molecule is CCN(CC)c1ccc(NC(=O)CCCC(=O)OCCCc2ccccc2)cc1. The van der Waals surface area contributed by atoms with Gasteiger partial charge in [0.15, 0.2) is 0 Å². The lowest BCUT2D eigenvalue weighted by atomic mass is 10.1. The molecule has 0 heterocycles. The number of carbonyl (C=O) groups excluding carboxylic acids is 2. The summed E-state index contributed by atoms with van der Waals surface area (Å²) in [6, 6.07) is 18.0. The summed E-state index contributed by atoms with van der Waals surface area (Å²) in [5, 5.41) is 2.88. The molecular weight excluding hydrogens is 364 g/mol. The minimum atomic E-state index is -0.241. The van der Waals surface area contributed by atoms with Gasteiger partial charge in [0, 0.05) is 37.3 Å². The first-order chi connectivity index (χ1) is 14.1. The molecule has 2 rings (SSSR count). The molecule has 1 amide bonds. The average Bonchev–Trinajstić information content (AvgIpc) is 2.74. The van der Waals surface area contributed by atoms with Crippen molar-refractivity contribution in [1.82, 2.24) is 0 Å². The molecule has 0 atom stereocenters. The highest BCUT2D eigenvalue weighted by Gasteiger charge is 2.08. The summed E-state index contributed by atoms with van der Waals surface area (Å²) in [5.74, 6) is -0.327. The summed E-state index contributed by atoms with van der Waals surface area (Å²) >= 11 is 0. The highest BCUT2D eigenvalue weighted by Crippen LogP contribution is 2.18. The summed E-state index contributed by atoms with van der Waals surface area (Å²) in [6.45, 7) is 6.55. The molecule has 0 saturated heterocycles. The van der Waals surface area contributed by atoms with E-state index in [-0.39, 0.29) is 18.3 Å².